The van der Waals surface area contributed by atoms with Crippen LogP contribution < -0.4 is 0 Å². The Morgan fingerprint density at radius 3 is 1.59 bits per heavy atom. The summed E-state index contributed by atoms with van der Waals surface area (Å²) in [7, 11) is 0. The van der Waals surface area contributed by atoms with Crippen LogP contribution in [0.25, 0.3) is 0 Å². The van der Waals surface area contributed by atoms with Crippen molar-refractivity contribution < 1.29 is 19.1 Å². The lowest BCUT2D eigenvalue weighted by Crippen LogP contribution is -2.37. The second-order valence-corrected chi connectivity index (χ2v) is 6.35. The molecule has 2 saturated carbocycles. The molecule has 122 valence electrons. The van der Waals surface area contributed by atoms with Crippen LogP contribution in [0.1, 0.15) is 38.5 Å². The van der Waals surface area contributed by atoms with Crippen LogP contribution in [-0.2, 0) is 19.1 Å². The third-order valence-electron chi connectivity index (χ3n) is 4.89. The van der Waals surface area contributed by atoms with Gasteiger partial charge in [0.05, 0.1) is 12.2 Å². The third kappa shape index (κ3) is 4.89. The van der Waals surface area contributed by atoms with Crippen LogP contribution in [0.3, 0.4) is 0 Å². The predicted molar refractivity (Wildman–Crippen MR) is 84.6 cm³/mol. The molecule has 0 saturated heterocycles. The molecule has 2 fully saturated rings. The number of hydrogen-bond donors (Lipinski definition) is 0. The molecule has 0 aromatic heterocycles. The van der Waals surface area contributed by atoms with E-state index in [0.29, 0.717) is 11.8 Å². The summed E-state index contributed by atoms with van der Waals surface area (Å²) < 4.78 is 11.4. The normalized spacial score (nSPS) is 31.1. The highest BCUT2D eigenvalue weighted by atomic mass is 16.5. The molecule has 0 bridgehead atoms. The van der Waals surface area contributed by atoms with E-state index in [2.05, 4.69) is 13.2 Å². The maximum atomic E-state index is 11.2. The quantitative estimate of drug-likeness (QED) is 0.647. The van der Waals surface area contributed by atoms with Gasteiger partial charge in [0.2, 0.25) is 0 Å². The predicted octanol–water partition coefficient (Wildman–Crippen LogP) is 2.87. The minimum absolute atomic E-state index is 0.0499. The van der Waals surface area contributed by atoms with E-state index in [1.54, 1.807) is 0 Å². The molecule has 2 rings (SSSR count). The van der Waals surface area contributed by atoms with Crippen molar-refractivity contribution in [3.8, 4) is 0 Å². The zero-order valence-electron chi connectivity index (χ0n) is 13.2. The summed E-state index contributed by atoms with van der Waals surface area (Å²) in [6, 6.07) is 0. The van der Waals surface area contributed by atoms with Crippen molar-refractivity contribution in [3.63, 3.8) is 0 Å². The van der Waals surface area contributed by atoms with Gasteiger partial charge in [-0.25, -0.2) is 0 Å². The van der Waals surface area contributed by atoms with Crippen LogP contribution in [0.2, 0.25) is 0 Å². The number of rotatable bonds is 8. The summed E-state index contributed by atoms with van der Waals surface area (Å²) in [5.74, 6) is 1.22. The highest BCUT2D eigenvalue weighted by Gasteiger charge is 2.36. The number of fused-ring (bicyclic) bond motifs is 1. The second-order valence-electron chi connectivity index (χ2n) is 6.35. The largest absolute Gasteiger partial charge is 0.370 e. The van der Waals surface area contributed by atoms with Gasteiger partial charge in [-0.05, 0) is 62.5 Å². The zero-order valence-corrected chi connectivity index (χ0v) is 13.2. The maximum Gasteiger partial charge on any atom is 0.180 e. The van der Waals surface area contributed by atoms with E-state index in [1.165, 1.54) is 12.2 Å². The topological polar surface area (TPSA) is 52.6 Å². The van der Waals surface area contributed by atoms with Gasteiger partial charge in [-0.3, -0.25) is 9.59 Å². The third-order valence-corrected chi connectivity index (χ3v) is 4.89. The molecule has 0 aromatic rings. The Morgan fingerprint density at radius 1 is 0.818 bits per heavy atom. The number of carbonyl (C=O) groups is 2. The molecule has 0 aromatic carbocycles. The Bertz CT molecular complexity index is 389. The summed E-state index contributed by atoms with van der Waals surface area (Å²) in [4.78, 5) is 22.5. The van der Waals surface area contributed by atoms with Crippen molar-refractivity contribution in [2.45, 2.75) is 50.7 Å². The van der Waals surface area contributed by atoms with Gasteiger partial charge in [-0.1, -0.05) is 13.2 Å². The number of hydrogen-bond acceptors (Lipinski definition) is 4. The van der Waals surface area contributed by atoms with E-state index in [4.69, 9.17) is 9.47 Å². The molecule has 4 atom stereocenters. The number of carbonyl (C=O) groups excluding carboxylic acids is 2. The lowest BCUT2D eigenvalue weighted by atomic mass is 9.69. The average Bonchev–Trinajstić information content (AvgIpc) is 2.57. The molecule has 2 aliphatic rings. The Kier molecular flexibility index (Phi) is 6.52. The Labute approximate surface area is 132 Å². The van der Waals surface area contributed by atoms with Gasteiger partial charge < -0.3 is 9.47 Å². The van der Waals surface area contributed by atoms with Crippen molar-refractivity contribution in [2.24, 2.45) is 11.8 Å². The van der Waals surface area contributed by atoms with Crippen molar-refractivity contribution >= 4 is 11.6 Å². The van der Waals surface area contributed by atoms with Gasteiger partial charge in [0.25, 0.3) is 0 Å². The second kappa shape index (κ2) is 8.39. The highest BCUT2D eigenvalue weighted by Crippen LogP contribution is 2.42. The molecule has 4 unspecified atom stereocenters. The minimum Gasteiger partial charge on any atom is -0.370 e. The van der Waals surface area contributed by atoms with E-state index < -0.39 is 0 Å². The number of ketones is 2. The van der Waals surface area contributed by atoms with Crippen LogP contribution in [-0.4, -0.2) is 37.0 Å². The lowest BCUT2D eigenvalue weighted by Gasteiger charge is -2.41. The SMILES string of the molecule is C=CC(=O)COC1CCC2CC(OCC(=O)C=C)CCC2C1. The fourth-order valence-electron chi connectivity index (χ4n) is 3.62. The van der Waals surface area contributed by atoms with Crippen LogP contribution in [0, 0.1) is 11.8 Å². The van der Waals surface area contributed by atoms with Crippen molar-refractivity contribution in [1.82, 2.24) is 0 Å². The monoisotopic (exact) mass is 306 g/mol. The van der Waals surface area contributed by atoms with Gasteiger partial charge in [0.15, 0.2) is 11.6 Å². The maximum absolute atomic E-state index is 11.2. The first-order chi connectivity index (χ1) is 10.6. The summed E-state index contributed by atoms with van der Waals surface area (Å²) in [5, 5.41) is 0. The molecule has 0 N–H and O–H groups in total. The number of ether oxygens (including phenoxy) is 2. The van der Waals surface area contributed by atoms with Crippen LogP contribution in [0.4, 0.5) is 0 Å². The van der Waals surface area contributed by atoms with Crippen molar-refractivity contribution in [3.05, 3.63) is 25.3 Å². The minimum atomic E-state index is -0.0499. The van der Waals surface area contributed by atoms with Gasteiger partial charge in [-0.15, -0.1) is 0 Å². The van der Waals surface area contributed by atoms with Gasteiger partial charge in [-0.2, -0.15) is 0 Å². The van der Waals surface area contributed by atoms with Crippen LogP contribution in [0.15, 0.2) is 25.3 Å². The molecule has 0 radical (unpaired) electrons. The first kappa shape index (κ1) is 17.1. The summed E-state index contributed by atoms with van der Waals surface area (Å²) in [5.41, 5.74) is 0. The van der Waals surface area contributed by atoms with Gasteiger partial charge in [0.1, 0.15) is 13.2 Å². The Hall–Kier alpha value is -1.26. The molecule has 0 amide bonds. The van der Waals surface area contributed by atoms with Gasteiger partial charge >= 0.3 is 0 Å². The zero-order chi connectivity index (χ0) is 15.9. The summed E-state index contributed by atoms with van der Waals surface area (Å²) in [6.07, 6.45) is 9.35. The molecule has 0 aliphatic heterocycles. The van der Waals surface area contributed by atoms with E-state index in [1.807, 2.05) is 0 Å². The Morgan fingerprint density at radius 2 is 1.23 bits per heavy atom. The standard InChI is InChI=1S/C18H26O4/c1-3-15(19)11-21-17-7-5-14-10-18(8-6-13(14)9-17)22-12-16(20)4-2/h3-4,13-14,17-18H,1-2,5-12H2. The Balaban J connectivity index is 1.73. The van der Waals surface area contributed by atoms with E-state index >= 15 is 0 Å². The molecule has 0 heterocycles. The summed E-state index contributed by atoms with van der Waals surface area (Å²) in [6.45, 7) is 7.23. The van der Waals surface area contributed by atoms with Crippen LogP contribution >= 0.6 is 0 Å². The average molecular weight is 306 g/mol. The fourth-order valence-corrected chi connectivity index (χ4v) is 3.62. The highest BCUT2D eigenvalue weighted by molar-refractivity contribution is 5.90. The molecular formula is C18H26O4. The van der Waals surface area contributed by atoms with E-state index in [0.717, 1.165) is 38.5 Å². The van der Waals surface area contributed by atoms with Gasteiger partial charge in [0, 0.05) is 0 Å². The molecule has 4 heteroatoms. The first-order valence-electron chi connectivity index (χ1n) is 8.16. The molecule has 0 spiro atoms. The fraction of sp³-hybridized carbons (Fsp3) is 0.667. The van der Waals surface area contributed by atoms with E-state index in [-0.39, 0.29) is 37.0 Å². The molecular weight excluding hydrogens is 280 g/mol. The van der Waals surface area contributed by atoms with Crippen molar-refractivity contribution in [1.29, 1.82) is 0 Å². The smallest absolute Gasteiger partial charge is 0.180 e. The van der Waals surface area contributed by atoms with E-state index in [9.17, 15) is 9.59 Å². The molecule has 4 nitrogen and oxygen atoms in total. The van der Waals surface area contributed by atoms with Crippen LogP contribution in [0.5, 0.6) is 0 Å². The first-order valence-corrected chi connectivity index (χ1v) is 8.16. The molecule has 2 aliphatic carbocycles. The lowest BCUT2D eigenvalue weighted by molar-refractivity contribution is -0.125. The van der Waals surface area contributed by atoms with Crippen molar-refractivity contribution in [2.75, 3.05) is 13.2 Å². The summed E-state index contributed by atoms with van der Waals surface area (Å²) >= 11 is 0. The molecule has 22 heavy (non-hydrogen) atoms.